The molecule has 37 heavy (non-hydrogen) atoms. The maximum Gasteiger partial charge on any atom is 0.471 e. The molecular weight excluding hydrogens is 488 g/mol. The van der Waals surface area contributed by atoms with Gasteiger partial charge < -0.3 is 10.1 Å². The molecule has 0 saturated heterocycles. The molecule has 1 N–H and O–H groups in total. The molecule has 0 saturated carbocycles. The zero-order chi connectivity index (χ0) is 26.3. The third kappa shape index (κ3) is 4.57. The minimum absolute atomic E-state index is 0.0256. The lowest BCUT2D eigenvalue weighted by Gasteiger charge is -2.35. The number of nitrogens with zero attached hydrogens (tertiary/aromatic N) is 1. The number of carbonyl (C=O) groups excluding carboxylic acids is 2. The number of hydrogen-bond acceptors (Lipinski definition) is 4. The van der Waals surface area contributed by atoms with Crippen LogP contribution in [-0.4, -0.2) is 25.0 Å². The van der Waals surface area contributed by atoms with Crippen molar-refractivity contribution in [1.29, 1.82) is 0 Å². The summed E-state index contributed by atoms with van der Waals surface area (Å²) in [5.74, 6) is -2.68. The van der Waals surface area contributed by atoms with Crippen LogP contribution in [0, 0.1) is 5.82 Å². The van der Waals surface area contributed by atoms with Gasteiger partial charge >= 0.3 is 12.1 Å². The Morgan fingerprint density at radius 3 is 2.24 bits per heavy atom. The first-order valence-corrected chi connectivity index (χ1v) is 11.6. The number of allylic oxidation sites excluding steroid dienone is 1. The van der Waals surface area contributed by atoms with Crippen LogP contribution in [0.5, 0.6) is 5.75 Å². The molecule has 0 radical (unpaired) electrons. The van der Waals surface area contributed by atoms with E-state index < -0.39 is 29.7 Å². The summed E-state index contributed by atoms with van der Waals surface area (Å²) in [5.41, 5.74) is 1.80. The number of anilines is 2. The molecule has 1 heterocycles. The van der Waals surface area contributed by atoms with Crippen molar-refractivity contribution in [3.05, 3.63) is 101 Å². The fourth-order valence-electron chi connectivity index (χ4n) is 5.02. The van der Waals surface area contributed by atoms with Crippen molar-refractivity contribution in [3.63, 3.8) is 0 Å². The third-order valence-corrected chi connectivity index (χ3v) is 6.72. The first-order chi connectivity index (χ1) is 17.7. The lowest BCUT2D eigenvalue weighted by atomic mass is 9.78. The molecule has 190 valence electrons. The first-order valence-electron chi connectivity index (χ1n) is 11.6. The van der Waals surface area contributed by atoms with E-state index in [0.29, 0.717) is 22.8 Å². The summed E-state index contributed by atoms with van der Waals surface area (Å²) in [6, 6.07) is 16.8. The van der Waals surface area contributed by atoms with Crippen molar-refractivity contribution in [2.45, 2.75) is 31.0 Å². The number of ketones is 1. The number of fused-ring (bicyclic) bond motifs is 1. The fourth-order valence-corrected chi connectivity index (χ4v) is 5.02. The molecule has 1 aliphatic carbocycles. The largest absolute Gasteiger partial charge is 0.497 e. The molecule has 0 aromatic heterocycles. The number of halogens is 4. The van der Waals surface area contributed by atoms with Crippen LogP contribution < -0.4 is 15.0 Å². The van der Waals surface area contributed by atoms with Gasteiger partial charge in [-0.15, -0.1) is 0 Å². The van der Waals surface area contributed by atoms with Crippen LogP contribution >= 0.6 is 0 Å². The van der Waals surface area contributed by atoms with Gasteiger partial charge in [0.05, 0.1) is 24.5 Å². The van der Waals surface area contributed by atoms with Crippen molar-refractivity contribution in [2.75, 3.05) is 17.3 Å². The average Bonchev–Trinajstić information content (AvgIpc) is 3.03. The first kappa shape index (κ1) is 24.5. The molecule has 2 atom stereocenters. The Morgan fingerprint density at radius 2 is 1.59 bits per heavy atom. The highest BCUT2D eigenvalue weighted by Crippen LogP contribution is 2.48. The number of benzene rings is 3. The van der Waals surface area contributed by atoms with Crippen molar-refractivity contribution >= 4 is 23.1 Å². The molecular formula is C28H22F4N2O3. The number of methoxy groups -OCH3 is 1. The molecule has 0 bridgehead atoms. The van der Waals surface area contributed by atoms with Gasteiger partial charge in [-0.2, -0.15) is 13.2 Å². The Labute approximate surface area is 210 Å². The van der Waals surface area contributed by atoms with Crippen LogP contribution in [0.25, 0.3) is 0 Å². The lowest BCUT2D eigenvalue weighted by Crippen LogP contribution is -2.45. The second-order valence-electron chi connectivity index (χ2n) is 8.96. The van der Waals surface area contributed by atoms with Crippen molar-refractivity contribution in [3.8, 4) is 5.75 Å². The van der Waals surface area contributed by atoms with E-state index in [1.165, 1.54) is 24.3 Å². The molecule has 5 nitrogen and oxygen atoms in total. The van der Waals surface area contributed by atoms with Crippen LogP contribution in [-0.2, 0) is 9.59 Å². The molecule has 1 aliphatic heterocycles. The topological polar surface area (TPSA) is 58.6 Å². The van der Waals surface area contributed by atoms with Gasteiger partial charge in [-0.05, 0) is 59.9 Å². The lowest BCUT2D eigenvalue weighted by molar-refractivity contribution is -0.170. The minimum atomic E-state index is -5.21. The van der Waals surface area contributed by atoms with E-state index in [1.807, 2.05) is 12.1 Å². The standard InChI is InChI=1S/C28H22F4N2O3/c1-37-20-12-8-16(9-13-20)18-14-22-25(24(35)15-18)26(17-6-10-19(29)11-7-17)34(27(36)28(30,31)32)23-5-3-2-4-21(23)33-22/h2-13,18,26,33H,14-15H2,1H3. The number of nitrogens with one attached hydrogen (secondary N) is 1. The molecule has 3 aromatic carbocycles. The molecule has 5 rings (SSSR count). The predicted octanol–water partition coefficient (Wildman–Crippen LogP) is 6.30. The summed E-state index contributed by atoms with van der Waals surface area (Å²) in [5, 5.41) is 3.16. The Balaban J connectivity index is 1.70. The van der Waals surface area contributed by atoms with Crippen LogP contribution in [0.1, 0.15) is 35.9 Å². The minimum Gasteiger partial charge on any atom is -0.497 e. The van der Waals surface area contributed by atoms with Crippen LogP contribution in [0.2, 0.25) is 0 Å². The Kier molecular flexibility index (Phi) is 6.23. The van der Waals surface area contributed by atoms with E-state index in [4.69, 9.17) is 4.74 Å². The van der Waals surface area contributed by atoms with Crippen LogP contribution in [0.15, 0.2) is 84.1 Å². The predicted molar refractivity (Wildman–Crippen MR) is 130 cm³/mol. The Hall–Kier alpha value is -4.14. The van der Waals surface area contributed by atoms with Crippen LogP contribution in [0.3, 0.4) is 0 Å². The van der Waals surface area contributed by atoms with Gasteiger partial charge in [0.15, 0.2) is 5.78 Å². The maximum atomic E-state index is 13.9. The Morgan fingerprint density at radius 1 is 0.946 bits per heavy atom. The van der Waals surface area contributed by atoms with Crippen molar-refractivity contribution in [1.82, 2.24) is 0 Å². The number of hydrogen-bond donors (Lipinski definition) is 1. The number of alkyl halides is 3. The van der Waals surface area contributed by atoms with E-state index in [2.05, 4.69) is 5.32 Å². The number of Topliss-reactive ketones (excluding diaryl/α,β-unsaturated/α-hetero) is 1. The van der Waals surface area contributed by atoms with E-state index in [1.54, 1.807) is 31.4 Å². The zero-order valence-electron chi connectivity index (χ0n) is 19.7. The molecule has 9 heteroatoms. The zero-order valence-corrected chi connectivity index (χ0v) is 19.7. The summed E-state index contributed by atoms with van der Waals surface area (Å²) in [4.78, 5) is 27.2. The normalized spacial score (nSPS) is 19.5. The third-order valence-electron chi connectivity index (χ3n) is 6.72. The summed E-state index contributed by atoms with van der Waals surface area (Å²) < 4.78 is 60.7. The van der Waals surface area contributed by atoms with E-state index in [9.17, 15) is 27.2 Å². The summed E-state index contributed by atoms with van der Waals surface area (Å²) >= 11 is 0. The molecule has 2 unspecified atom stereocenters. The number of amides is 1. The highest BCUT2D eigenvalue weighted by molar-refractivity contribution is 6.07. The van der Waals surface area contributed by atoms with E-state index in [0.717, 1.165) is 17.7 Å². The number of rotatable bonds is 3. The summed E-state index contributed by atoms with van der Waals surface area (Å²) in [6.45, 7) is 0. The smallest absolute Gasteiger partial charge is 0.471 e. The van der Waals surface area contributed by atoms with Gasteiger partial charge in [-0.3, -0.25) is 14.5 Å². The molecule has 0 fully saturated rings. The molecule has 3 aromatic rings. The number of carbonyl (C=O) groups is 2. The average molecular weight is 510 g/mol. The maximum absolute atomic E-state index is 13.9. The number of ether oxygens (including phenoxy) is 1. The van der Waals surface area contributed by atoms with Gasteiger partial charge in [0, 0.05) is 17.7 Å². The molecule has 0 spiro atoms. The molecule has 1 amide bonds. The van der Waals surface area contributed by atoms with Crippen LogP contribution in [0.4, 0.5) is 28.9 Å². The number of para-hydroxylation sites is 2. The summed E-state index contributed by atoms with van der Waals surface area (Å²) in [7, 11) is 1.55. The highest BCUT2D eigenvalue weighted by Gasteiger charge is 2.49. The van der Waals surface area contributed by atoms with Gasteiger partial charge in [0.2, 0.25) is 0 Å². The molecule has 2 aliphatic rings. The fraction of sp³-hybridized carbons (Fsp3) is 0.214. The monoisotopic (exact) mass is 510 g/mol. The van der Waals surface area contributed by atoms with E-state index in [-0.39, 0.29) is 34.9 Å². The van der Waals surface area contributed by atoms with Gasteiger partial charge in [0.1, 0.15) is 11.6 Å². The van der Waals surface area contributed by atoms with Gasteiger partial charge in [0.25, 0.3) is 0 Å². The van der Waals surface area contributed by atoms with Crippen molar-refractivity contribution < 1.29 is 31.9 Å². The summed E-state index contributed by atoms with van der Waals surface area (Å²) in [6.07, 6.45) is -4.85. The quantitative estimate of drug-likeness (QED) is 0.421. The van der Waals surface area contributed by atoms with Gasteiger partial charge in [-0.1, -0.05) is 36.4 Å². The SMILES string of the molecule is COc1ccc(C2CC(=O)C3=C(C2)Nc2ccccc2N(C(=O)C(F)(F)F)C3c2ccc(F)cc2)cc1. The van der Waals surface area contributed by atoms with Gasteiger partial charge in [-0.25, -0.2) is 4.39 Å². The highest BCUT2D eigenvalue weighted by atomic mass is 19.4. The Bertz CT molecular complexity index is 1380. The second kappa shape index (κ2) is 9.38. The van der Waals surface area contributed by atoms with Crippen molar-refractivity contribution in [2.24, 2.45) is 0 Å². The second-order valence-corrected chi connectivity index (χ2v) is 8.96. The van der Waals surface area contributed by atoms with E-state index >= 15 is 0 Å².